The maximum atomic E-state index is 11.8. The number of hydrogen-bond acceptors (Lipinski definition) is 5. The highest BCUT2D eigenvalue weighted by molar-refractivity contribution is 7.93. The quantitative estimate of drug-likeness (QED) is 0.908. The third kappa shape index (κ3) is 4.20. The molecule has 1 heterocycles. The molecule has 0 atom stereocenters. The molecule has 0 aliphatic rings. The summed E-state index contributed by atoms with van der Waals surface area (Å²) in [6.07, 6.45) is 0. The number of anilines is 1. The van der Waals surface area contributed by atoms with Crippen LogP contribution in [0.1, 0.15) is 25.1 Å². The molecule has 0 saturated heterocycles. The zero-order valence-electron chi connectivity index (χ0n) is 13.1. The van der Waals surface area contributed by atoms with Crippen molar-refractivity contribution in [1.82, 2.24) is 4.98 Å². The Hall–Kier alpha value is -2.59. The predicted molar refractivity (Wildman–Crippen MR) is 87.9 cm³/mol. The van der Waals surface area contributed by atoms with Gasteiger partial charge in [0.2, 0.25) is 15.9 Å². The Kier molecular flexibility index (Phi) is 4.86. The lowest BCUT2D eigenvalue weighted by Crippen LogP contribution is -2.22. The van der Waals surface area contributed by atoms with Gasteiger partial charge in [-0.1, -0.05) is 0 Å². The van der Waals surface area contributed by atoms with Gasteiger partial charge in [-0.2, -0.15) is 5.26 Å². The van der Waals surface area contributed by atoms with E-state index in [4.69, 9.17) is 10.00 Å². The average molecular weight is 331 g/mol. The van der Waals surface area contributed by atoms with Gasteiger partial charge in [-0.05, 0) is 51.1 Å². The van der Waals surface area contributed by atoms with Gasteiger partial charge in [-0.3, -0.25) is 4.72 Å². The predicted octanol–water partition coefficient (Wildman–Crippen LogP) is 3.20. The van der Waals surface area contributed by atoms with Crippen molar-refractivity contribution in [3.63, 3.8) is 0 Å². The summed E-state index contributed by atoms with van der Waals surface area (Å²) in [5.41, 5.74) is 1.55. The summed E-state index contributed by atoms with van der Waals surface area (Å²) in [4.78, 5) is 4.19. The molecule has 1 aromatic heterocycles. The van der Waals surface area contributed by atoms with Crippen LogP contribution in [0, 0.1) is 18.3 Å². The van der Waals surface area contributed by atoms with Crippen molar-refractivity contribution in [3.05, 3.63) is 47.7 Å². The zero-order valence-corrected chi connectivity index (χ0v) is 13.9. The highest BCUT2D eigenvalue weighted by Crippen LogP contribution is 2.23. The number of nitrogens with one attached hydrogen (secondary N) is 1. The lowest BCUT2D eigenvalue weighted by atomic mass is 10.2. The minimum Gasteiger partial charge on any atom is -0.439 e. The van der Waals surface area contributed by atoms with E-state index in [-0.39, 0.29) is 0 Å². The maximum absolute atomic E-state index is 11.8. The van der Waals surface area contributed by atoms with E-state index in [1.807, 2.05) is 6.07 Å². The molecule has 0 radical (unpaired) electrons. The molecule has 0 unspecified atom stereocenters. The minimum absolute atomic E-state index is 0.372. The number of benzene rings is 1. The second-order valence-electron chi connectivity index (χ2n) is 5.22. The molecule has 120 valence electrons. The second-order valence-corrected chi connectivity index (χ2v) is 7.45. The summed E-state index contributed by atoms with van der Waals surface area (Å²) < 4.78 is 31.7. The van der Waals surface area contributed by atoms with E-state index in [2.05, 4.69) is 9.71 Å². The Bertz CT molecular complexity index is 838. The van der Waals surface area contributed by atoms with E-state index in [1.54, 1.807) is 57.2 Å². The minimum atomic E-state index is -3.37. The van der Waals surface area contributed by atoms with E-state index in [0.29, 0.717) is 28.6 Å². The molecule has 2 aromatic rings. The highest BCUT2D eigenvalue weighted by Gasteiger charge is 2.15. The first-order valence-corrected chi connectivity index (χ1v) is 8.54. The number of aromatic nitrogens is 1. The van der Waals surface area contributed by atoms with E-state index in [0.717, 1.165) is 0 Å². The molecule has 2 rings (SSSR count). The van der Waals surface area contributed by atoms with Gasteiger partial charge in [0.05, 0.1) is 16.5 Å². The van der Waals surface area contributed by atoms with E-state index in [1.165, 1.54) is 0 Å². The fraction of sp³-hybridized carbons (Fsp3) is 0.250. The van der Waals surface area contributed by atoms with Crippen molar-refractivity contribution in [1.29, 1.82) is 5.26 Å². The summed E-state index contributed by atoms with van der Waals surface area (Å²) in [6, 6.07) is 11.8. The van der Waals surface area contributed by atoms with Gasteiger partial charge in [0.1, 0.15) is 11.8 Å². The number of pyridine rings is 1. The van der Waals surface area contributed by atoms with Crippen molar-refractivity contribution in [2.45, 2.75) is 26.0 Å². The number of hydrogen-bond donors (Lipinski definition) is 1. The van der Waals surface area contributed by atoms with Crippen LogP contribution in [0.5, 0.6) is 11.6 Å². The molecule has 1 N–H and O–H groups in total. The Morgan fingerprint density at radius 3 is 2.35 bits per heavy atom. The van der Waals surface area contributed by atoms with Crippen molar-refractivity contribution in [2.75, 3.05) is 4.72 Å². The van der Waals surface area contributed by atoms with Crippen molar-refractivity contribution in [3.8, 4) is 17.7 Å². The number of aryl methyl sites for hydroxylation is 1. The molecule has 0 fully saturated rings. The van der Waals surface area contributed by atoms with Gasteiger partial charge in [-0.15, -0.1) is 0 Å². The molecule has 0 saturated carbocycles. The fourth-order valence-electron chi connectivity index (χ4n) is 1.71. The normalized spacial score (nSPS) is 11.1. The standard InChI is InChI=1S/C16H17N3O3S/c1-11(2)23(20,21)19-14-5-7-15(8-6-14)22-16-9-4-13(10-17)12(3)18-16/h4-9,11,19H,1-3H3. The third-order valence-electron chi connectivity index (χ3n) is 3.14. The third-order valence-corrected chi connectivity index (χ3v) is 4.90. The van der Waals surface area contributed by atoms with Crippen LogP contribution in [0.4, 0.5) is 5.69 Å². The molecule has 23 heavy (non-hydrogen) atoms. The topological polar surface area (TPSA) is 92.1 Å². The Morgan fingerprint density at radius 1 is 1.17 bits per heavy atom. The molecule has 0 bridgehead atoms. The molecule has 0 aliphatic heterocycles. The molecular formula is C16H17N3O3S. The van der Waals surface area contributed by atoms with Gasteiger partial charge >= 0.3 is 0 Å². The number of sulfonamides is 1. The fourth-order valence-corrected chi connectivity index (χ4v) is 2.41. The SMILES string of the molecule is Cc1nc(Oc2ccc(NS(=O)(=O)C(C)C)cc2)ccc1C#N. The summed E-state index contributed by atoms with van der Waals surface area (Å²) in [5, 5.41) is 8.36. The van der Waals surface area contributed by atoms with E-state index >= 15 is 0 Å². The average Bonchev–Trinajstić information content (AvgIpc) is 2.49. The summed E-state index contributed by atoms with van der Waals surface area (Å²) in [5.74, 6) is 0.895. The molecule has 6 nitrogen and oxygen atoms in total. The van der Waals surface area contributed by atoms with Gasteiger partial charge < -0.3 is 4.74 Å². The van der Waals surface area contributed by atoms with Crippen LogP contribution in [0.25, 0.3) is 0 Å². The molecule has 1 aromatic carbocycles. The lowest BCUT2D eigenvalue weighted by molar-refractivity contribution is 0.461. The van der Waals surface area contributed by atoms with Crippen molar-refractivity contribution >= 4 is 15.7 Å². The number of nitriles is 1. The Balaban J connectivity index is 2.12. The number of nitrogens with zero attached hydrogens (tertiary/aromatic N) is 2. The summed E-state index contributed by atoms with van der Waals surface area (Å²) in [6.45, 7) is 4.95. The van der Waals surface area contributed by atoms with Crippen LogP contribution in [0.15, 0.2) is 36.4 Å². The number of rotatable bonds is 5. The first-order chi connectivity index (χ1) is 10.8. The van der Waals surface area contributed by atoms with Gasteiger partial charge in [-0.25, -0.2) is 13.4 Å². The van der Waals surface area contributed by atoms with E-state index in [9.17, 15) is 8.42 Å². The maximum Gasteiger partial charge on any atom is 0.235 e. The largest absolute Gasteiger partial charge is 0.439 e. The first-order valence-electron chi connectivity index (χ1n) is 6.99. The van der Waals surface area contributed by atoms with Crippen LogP contribution in [0.2, 0.25) is 0 Å². The second kappa shape index (κ2) is 6.67. The molecular weight excluding hydrogens is 314 g/mol. The monoisotopic (exact) mass is 331 g/mol. The molecule has 0 spiro atoms. The molecule has 0 aliphatic carbocycles. The highest BCUT2D eigenvalue weighted by atomic mass is 32.2. The van der Waals surface area contributed by atoms with Crippen molar-refractivity contribution < 1.29 is 13.2 Å². The van der Waals surface area contributed by atoms with Gasteiger partial charge in [0.25, 0.3) is 0 Å². The van der Waals surface area contributed by atoms with Crippen LogP contribution in [0.3, 0.4) is 0 Å². The lowest BCUT2D eigenvalue weighted by Gasteiger charge is -2.11. The smallest absolute Gasteiger partial charge is 0.235 e. The molecule has 0 amide bonds. The Labute approximate surface area is 135 Å². The van der Waals surface area contributed by atoms with Crippen LogP contribution in [-0.2, 0) is 10.0 Å². The number of ether oxygens (including phenoxy) is 1. The van der Waals surface area contributed by atoms with Crippen molar-refractivity contribution in [2.24, 2.45) is 0 Å². The van der Waals surface area contributed by atoms with Gasteiger partial charge in [0, 0.05) is 11.8 Å². The van der Waals surface area contributed by atoms with Crippen LogP contribution >= 0.6 is 0 Å². The Morgan fingerprint density at radius 2 is 1.83 bits per heavy atom. The van der Waals surface area contributed by atoms with Gasteiger partial charge in [0.15, 0.2) is 0 Å². The first kappa shape index (κ1) is 16.8. The van der Waals surface area contributed by atoms with E-state index < -0.39 is 15.3 Å². The van der Waals surface area contributed by atoms with Crippen LogP contribution in [-0.4, -0.2) is 18.7 Å². The summed E-state index contributed by atoms with van der Waals surface area (Å²) in [7, 11) is -3.37. The molecule has 7 heteroatoms. The zero-order chi connectivity index (χ0) is 17.0. The summed E-state index contributed by atoms with van der Waals surface area (Å²) >= 11 is 0. The van der Waals surface area contributed by atoms with Crippen LogP contribution < -0.4 is 9.46 Å².